The summed E-state index contributed by atoms with van der Waals surface area (Å²) in [6.07, 6.45) is 0. The van der Waals surface area contributed by atoms with Gasteiger partial charge in [0.1, 0.15) is 0 Å². The first kappa shape index (κ1) is 13.0. The van der Waals surface area contributed by atoms with E-state index in [0.29, 0.717) is 5.92 Å². The SMILES string of the molecule is CC(C)c1ccc(Nc2cc(Br)ccc2N)cc1. The molecule has 0 saturated carbocycles. The lowest BCUT2D eigenvalue weighted by Gasteiger charge is -2.11. The molecule has 3 heteroatoms. The fourth-order valence-corrected chi connectivity index (χ4v) is 2.10. The predicted molar refractivity (Wildman–Crippen MR) is 82.4 cm³/mol. The van der Waals surface area contributed by atoms with E-state index in [9.17, 15) is 0 Å². The van der Waals surface area contributed by atoms with Crippen molar-refractivity contribution in [3.8, 4) is 0 Å². The van der Waals surface area contributed by atoms with Gasteiger partial charge in [0.05, 0.1) is 11.4 Å². The predicted octanol–water partition coefficient (Wildman–Crippen LogP) is 4.90. The van der Waals surface area contributed by atoms with E-state index in [2.05, 4.69) is 59.4 Å². The topological polar surface area (TPSA) is 38.0 Å². The van der Waals surface area contributed by atoms with E-state index >= 15 is 0 Å². The molecular weight excluding hydrogens is 288 g/mol. The molecule has 3 N–H and O–H groups in total. The number of nitrogens with two attached hydrogens (primary N) is 1. The first-order valence-electron chi connectivity index (χ1n) is 5.98. The molecule has 0 atom stereocenters. The van der Waals surface area contributed by atoms with E-state index < -0.39 is 0 Å². The fourth-order valence-electron chi connectivity index (χ4n) is 1.74. The highest BCUT2D eigenvalue weighted by molar-refractivity contribution is 9.10. The van der Waals surface area contributed by atoms with Crippen LogP contribution in [0.15, 0.2) is 46.9 Å². The second-order valence-corrected chi connectivity index (χ2v) is 5.55. The van der Waals surface area contributed by atoms with E-state index in [0.717, 1.165) is 21.5 Å². The molecule has 0 fully saturated rings. The van der Waals surface area contributed by atoms with E-state index in [1.165, 1.54) is 5.56 Å². The molecule has 2 nitrogen and oxygen atoms in total. The molecule has 0 amide bonds. The number of nitrogens with one attached hydrogen (secondary N) is 1. The Kier molecular flexibility index (Phi) is 3.92. The van der Waals surface area contributed by atoms with Crippen molar-refractivity contribution in [1.82, 2.24) is 0 Å². The third-order valence-corrected chi connectivity index (χ3v) is 3.36. The minimum Gasteiger partial charge on any atom is -0.397 e. The van der Waals surface area contributed by atoms with Gasteiger partial charge in [-0.15, -0.1) is 0 Å². The Bertz CT molecular complexity index is 533. The molecule has 18 heavy (non-hydrogen) atoms. The molecule has 0 saturated heterocycles. The van der Waals surface area contributed by atoms with Crippen LogP contribution in [-0.2, 0) is 0 Å². The summed E-state index contributed by atoms with van der Waals surface area (Å²) in [5.41, 5.74) is 9.97. The Morgan fingerprint density at radius 3 is 2.33 bits per heavy atom. The molecule has 0 spiro atoms. The summed E-state index contributed by atoms with van der Waals surface area (Å²) in [6, 6.07) is 14.2. The molecule has 94 valence electrons. The molecule has 0 heterocycles. The summed E-state index contributed by atoms with van der Waals surface area (Å²) in [6.45, 7) is 4.38. The van der Waals surface area contributed by atoms with Crippen LogP contribution in [0.3, 0.4) is 0 Å². The summed E-state index contributed by atoms with van der Waals surface area (Å²) < 4.78 is 1.01. The van der Waals surface area contributed by atoms with Crippen LogP contribution in [0.2, 0.25) is 0 Å². The van der Waals surface area contributed by atoms with Gasteiger partial charge >= 0.3 is 0 Å². The number of anilines is 3. The summed E-state index contributed by atoms with van der Waals surface area (Å²) in [5, 5.41) is 3.32. The number of benzene rings is 2. The highest BCUT2D eigenvalue weighted by Gasteiger charge is 2.02. The van der Waals surface area contributed by atoms with E-state index in [-0.39, 0.29) is 0 Å². The molecule has 0 radical (unpaired) electrons. The van der Waals surface area contributed by atoms with Crippen molar-refractivity contribution in [2.45, 2.75) is 19.8 Å². The number of hydrogen-bond donors (Lipinski definition) is 2. The standard InChI is InChI=1S/C15H17BrN2/c1-10(2)11-3-6-13(7-4-11)18-15-9-12(16)5-8-14(15)17/h3-10,18H,17H2,1-2H3. The van der Waals surface area contributed by atoms with Crippen LogP contribution in [-0.4, -0.2) is 0 Å². The number of nitrogen functional groups attached to an aromatic ring is 1. The second kappa shape index (κ2) is 5.44. The first-order chi connectivity index (χ1) is 8.56. The molecule has 0 aliphatic rings. The summed E-state index contributed by atoms with van der Waals surface area (Å²) in [7, 11) is 0. The quantitative estimate of drug-likeness (QED) is 0.792. The Hall–Kier alpha value is -1.48. The van der Waals surface area contributed by atoms with Gasteiger partial charge in [0.2, 0.25) is 0 Å². The minimum absolute atomic E-state index is 0.551. The summed E-state index contributed by atoms with van der Waals surface area (Å²) in [4.78, 5) is 0. The average Bonchev–Trinajstić information content (AvgIpc) is 2.34. The average molecular weight is 305 g/mol. The third-order valence-electron chi connectivity index (χ3n) is 2.87. The second-order valence-electron chi connectivity index (χ2n) is 4.63. The molecule has 0 aliphatic heterocycles. The van der Waals surface area contributed by atoms with E-state index in [1.54, 1.807) is 0 Å². The fraction of sp³-hybridized carbons (Fsp3) is 0.200. The zero-order valence-corrected chi connectivity index (χ0v) is 12.2. The molecule has 0 bridgehead atoms. The summed E-state index contributed by atoms with van der Waals surface area (Å²) >= 11 is 3.44. The maximum Gasteiger partial charge on any atom is 0.0629 e. The first-order valence-corrected chi connectivity index (χ1v) is 6.77. The van der Waals surface area contributed by atoms with E-state index in [4.69, 9.17) is 5.73 Å². The Morgan fingerprint density at radius 2 is 1.72 bits per heavy atom. The lowest BCUT2D eigenvalue weighted by molar-refractivity contribution is 0.867. The lowest BCUT2D eigenvalue weighted by atomic mass is 10.0. The molecule has 0 unspecified atom stereocenters. The van der Waals surface area contributed by atoms with Gasteiger partial charge in [-0.25, -0.2) is 0 Å². The Balaban J connectivity index is 2.21. The van der Waals surface area contributed by atoms with Crippen molar-refractivity contribution >= 4 is 33.0 Å². The maximum absolute atomic E-state index is 5.93. The largest absolute Gasteiger partial charge is 0.397 e. The highest BCUT2D eigenvalue weighted by Crippen LogP contribution is 2.27. The van der Waals surface area contributed by atoms with Gasteiger partial charge in [0, 0.05) is 10.2 Å². The van der Waals surface area contributed by atoms with Gasteiger partial charge in [0.25, 0.3) is 0 Å². The normalized spacial score (nSPS) is 10.7. The molecule has 0 aromatic heterocycles. The minimum atomic E-state index is 0.551. The molecular formula is C15H17BrN2. The molecule has 0 aliphatic carbocycles. The Morgan fingerprint density at radius 1 is 1.06 bits per heavy atom. The smallest absolute Gasteiger partial charge is 0.0629 e. The van der Waals surface area contributed by atoms with Crippen LogP contribution in [0, 0.1) is 0 Å². The van der Waals surface area contributed by atoms with Crippen molar-refractivity contribution in [1.29, 1.82) is 0 Å². The lowest BCUT2D eigenvalue weighted by Crippen LogP contribution is -1.96. The Labute approximate surface area is 116 Å². The monoisotopic (exact) mass is 304 g/mol. The van der Waals surface area contributed by atoms with Crippen LogP contribution in [0.1, 0.15) is 25.3 Å². The highest BCUT2D eigenvalue weighted by atomic mass is 79.9. The van der Waals surface area contributed by atoms with Gasteiger partial charge in [-0.05, 0) is 41.8 Å². The van der Waals surface area contributed by atoms with Crippen molar-refractivity contribution in [2.75, 3.05) is 11.1 Å². The molecule has 2 rings (SSSR count). The van der Waals surface area contributed by atoms with Crippen LogP contribution in [0.4, 0.5) is 17.1 Å². The van der Waals surface area contributed by atoms with Crippen LogP contribution in [0.25, 0.3) is 0 Å². The van der Waals surface area contributed by atoms with Gasteiger partial charge in [-0.2, -0.15) is 0 Å². The number of halogens is 1. The number of rotatable bonds is 3. The third kappa shape index (κ3) is 3.05. The van der Waals surface area contributed by atoms with Crippen LogP contribution in [0.5, 0.6) is 0 Å². The molecule has 2 aromatic rings. The van der Waals surface area contributed by atoms with Crippen molar-refractivity contribution in [2.24, 2.45) is 0 Å². The van der Waals surface area contributed by atoms with Crippen molar-refractivity contribution < 1.29 is 0 Å². The zero-order valence-electron chi connectivity index (χ0n) is 10.6. The molecule has 2 aromatic carbocycles. The van der Waals surface area contributed by atoms with Crippen LogP contribution < -0.4 is 11.1 Å². The van der Waals surface area contributed by atoms with Gasteiger partial charge in [0.15, 0.2) is 0 Å². The van der Waals surface area contributed by atoms with Crippen molar-refractivity contribution in [3.05, 3.63) is 52.5 Å². The van der Waals surface area contributed by atoms with Gasteiger partial charge < -0.3 is 11.1 Å². The van der Waals surface area contributed by atoms with Crippen molar-refractivity contribution in [3.63, 3.8) is 0 Å². The van der Waals surface area contributed by atoms with Gasteiger partial charge in [-0.3, -0.25) is 0 Å². The van der Waals surface area contributed by atoms with E-state index in [1.807, 2.05) is 18.2 Å². The van der Waals surface area contributed by atoms with Crippen LogP contribution >= 0.6 is 15.9 Å². The zero-order chi connectivity index (χ0) is 13.1. The number of hydrogen-bond acceptors (Lipinski definition) is 2. The van der Waals surface area contributed by atoms with Gasteiger partial charge in [-0.1, -0.05) is 41.9 Å². The maximum atomic E-state index is 5.93. The summed E-state index contributed by atoms with van der Waals surface area (Å²) in [5.74, 6) is 0.551.